The predicted octanol–water partition coefficient (Wildman–Crippen LogP) is 5.47. The molecule has 2 aromatic carbocycles. The number of pyridine rings is 1. The molecule has 1 aromatic heterocycles. The van der Waals surface area contributed by atoms with Crippen LogP contribution < -0.4 is 15.0 Å². The van der Waals surface area contributed by atoms with E-state index in [0.717, 1.165) is 10.9 Å². The van der Waals surface area contributed by atoms with Crippen molar-refractivity contribution in [2.24, 2.45) is 7.05 Å². The molecule has 8 heteroatoms. The highest BCUT2D eigenvalue weighted by molar-refractivity contribution is 5.99. The topological polar surface area (TPSA) is 101 Å². The fraction of sp³-hybridized carbons (Fsp3) is 0.375. The fourth-order valence-corrected chi connectivity index (χ4v) is 5.67. The van der Waals surface area contributed by atoms with E-state index in [-0.39, 0.29) is 34.8 Å². The molecule has 3 aromatic rings. The standard InChI is InChI=1S/C32H33NO7/c1-19-10-9-14-22(34)13-6-4-5-12-21-17-26-29(30(38-3)28(21)32(37)39-19)23(18-27(35)40-26)24-16-20-11-7-8-15-25(20)33(2)31(24)36/h5,7-8,11-12,15-17,19,23H,4,6,9-10,13-14,18H2,1-3H3/b12-5+/t19-,23-/m0/s1. The first-order valence-electron chi connectivity index (χ1n) is 13.7. The fourth-order valence-electron chi connectivity index (χ4n) is 5.67. The molecule has 8 nitrogen and oxygen atoms in total. The van der Waals surface area contributed by atoms with Crippen LogP contribution in [0.5, 0.6) is 11.5 Å². The molecule has 0 bridgehead atoms. The highest BCUT2D eigenvalue weighted by Crippen LogP contribution is 2.47. The summed E-state index contributed by atoms with van der Waals surface area (Å²) < 4.78 is 18.9. The minimum absolute atomic E-state index is 0.0783. The number of ketones is 1. The lowest BCUT2D eigenvalue weighted by molar-refractivity contribution is -0.135. The second-order valence-electron chi connectivity index (χ2n) is 10.5. The second-order valence-corrected chi connectivity index (χ2v) is 10.5. The van der Waals surface area contributed by atoms with Gasteiger partial charge in [-0.15, -0.1) is 0 Å². The summed E-state index contributed by atoms with van der Waals surface area (Å²) in [5.74, 6) is -1.06. The van der Waals surface area contributed by atoms with Crippen molar-refractivity contribution in [1.82, 2.24) is 4.57 Å². The highest BCUT2D eigenvalue weighted by Gasteiger charge is 2.37. The number of aryl methyl sites for hydroxylation is 1. The zero-order chi connectivity index (χ0) is 28.4. The summed E-state index contributed by atoms with van der Waals surface area (Å²) in [5.41, 5.74) is 2.12. The van der Waals surface area contributed by atoms with E-state index in [1.807, 2.05) is 30.3 Å². The van der Waals surface area contributed by atoms with E-state index in [2.05, 4.69) is 0 Å². The third kappa shape index (κ3) is 5.30. The molecule has 0 spiro atoms. The Hall–Kier alpha value is -4.20. The lowest BCUT2D eigenvalue weighted by Gasteiger charge is -2.29. The van der Waals surface area contributed by atoms with E-state index in [9.17, 15) is 19.2 Å². The van der Waals surface area contributed by atoms with Crippen molar-refractivity contribution in [3.05, 3.63) is 75.1 Å². The molecule has 2 aliphatic rings. The molecule has 5 rings (SSSR count). The molecular formula is C32H33NO7. The molecule has 3 heterocycles. The number of Topliss-reactive ketones (excluding diaryl/α,β-unsaturated/α-hetero) is 1. The number of nitrogens with zero attached hydrogens (tertiary/aromatic N) is 1. The summed E-state index contributed by atoms with van der Waals surface area (Å²) in [5, 5.41) is 0.854. The van der Waals surface area contributed by atoms with Gasteiger partial charge in [0.2, 0.25) is 0 Å². The van der Waals surface area contributed by atoms with Crippen LogP contribution in [-0.4, -0.2) is 35.5 Å². The van der Waals surface area contributed by atoms with Gasteiger partial charge in [-0.1, -0.05) is 30.4 Å². The monoisotopic (exact) mass is 543 g/mol. The average molecular weight is 544 g/mol. The van der Waals surface area contributed by atoms with E-state index < -0.39 is 24.0 Å². The van der Waals surface area contributed by atoms with Gasteiger partial charge in [0.15, 0.2) is 0 Å². The molecule has 2 aliphatic heterocycles. The summed E-state index contributed by atoms with van der Waals surface area (Å²) in [6.07, 6.45) is 6.68. The van der Waals surface area contributed by atoms with Gasteiger partial charge in [0.05, 0.1) is 25.2 Å². The SMILES string of the molecule is COc1c2c(cc3c1[C@H](c1cc4ccccc4n(C)c1=O)CC(=O)O3)/C=C/CCCC(=O)CCC[C@H](C)OC2=O. The number of para-hydroxylation sites is 1. The van der Waals surface area contributed by atoms with Gasteiger partial charge in [-0.05, 0) is 61.8 Å². The molecule has 208 valence electrons. The van der Waals surface area contributed by atoms with E-state index in [1.54, 1.807) is 36.7 Å². The number of benzene rings is 2. The summed E-state index contributed by atoms with van der Waals surface area (Å²) in [7, 11) is 3.16. The molecule has 0 aliphatic carbocycles. The molecule has 0 radical (unpaired) electrons. The minimum atomic E-state index is -0.687. The van der Waals surface area contributed by atoms with Crippen LogP contribution in [0.25, 0.3) is 17.0 Å². The number of ether oxygens (including phenoxy) is 3. The Morgan fingerprint density at radius 3 is 2.60 bits per heavy atom. The Bertz CT molecular complexity index is 1580. The summed E-state index contributed by atoms with van der Waals surface area (Å²) >= 11 is 0. The number of carbonyl (C=O) groups excluding carboxylic acids is 3. The summed E-state index contributed by atoms with van der Waals surface area (Å²) in [6, 6.07) is 11.0. The van der Waals surface area contributed by atoms with Crippen LogP contribution in [0.15, 0.2) is 47.3 Å². The summed E-state index contributed by atoms with van der Waals surface area (Å²) in [6.45, 7) is 1.80. The van der Waals surface area contributed by atoms with Crippen molar-refractivity contribution in [2.45, 2.75) is 63.9 Å². The maximum Gasteiger partial charge on any atom is 0.342 e. The first kappa shape index (κ1) is 27.4. The number of methoxy groups -OCH3 is 1. The van der Waals surface area contributed by atoms with Gasteiger partial charge in [-0.3, -0.25) is 14.4 Å². The van der Waals surface area contributed by atoms with Crippen LogP contribution in [0.1, 0.15) is 84.8 Å². The van der Waals surface area contributed by atoms with Crippen molar-refractivity contribution in [1.29, 1.82) is 0 Å². The number of esters is 2. The van der Waals surface area contributed by atoms with Crippen LogP contribution in [0.2, 0.25) is 0 Å². The van der Waals surface area contributed by atoms with E-state index in [0.29, 0.717) is 55.2 Å². The quantitative estimate of drug-likeness (QED) is 0.312. The number of hydrogen-bond acceptors (Lipinski definition) is 7. The van der Waals surface area contributed by atoms with Gasteiger partial charge < -0.3 is 18.8 Å². The number of cyclic esters (lactones) is 1. The first-order chi connectivity index (χ1) is 19.3. The number of aromatic nitrogens is 1. The Morgan fingerprint density at radius 2 is 1.80 bits per heavy atom. The van der Waals surface area contributed by atoms with Gasteiger partial charge in [0.25, 0.3) is 5.56 Å². The second kappa shape index (κ2) is 11.5. The van der Waals surface area contributed by atoms with Gasteiger partial charge in [0, 0.05) is 36.9 Å². The number of hydrogen-bond donors (Lipinski definition) is 0. The normalized spacial score (nSPS) is 21.0. The Labute approximate surface area is 232 Å². The number of allylic oxidation sites excluding steroid dienone is 1. The van der Waals surface area contributed by atoms with Crippen molar-refractivity contribution in [3.8, 4) is 11.5 Å². The Morgan fingerprint density at radius 1 is 1.02 bits per heavy atom. The van der Waals surface area contributed by atoms with E-state index in [1.165, 1.54) is 7.11 Å². The predicted molar refractivity (Wildman–Crippen MR) is 151 cm³/mol. The molecule has 0 amide bonds. The molecule has 0 saturated carbocycles. The van der Waals surface area contributed by atoms with Crippen molar-refractivity contribution < 1.29 is 28.6 Å². The van der Waals surface area contributed by atoms with Crippen molar-refractivity contribution in [2.75, 3.05) is 7.11 Å². The van der Waals surface area contributed by atoms with Crippen LogP contribution in [0.3, 0.4) is 0 Å². The van der Waals surface area contributed by atoms with Crippen molar-refractivity contribution in [3.63, 3.8) is 0 Å². The lowest BCUT2D eigenvalue weighted by atomic mass is 9.83. The van der Waals surface area contributed by atoms with E-state index >= 15 is 0 Å². The molecule has 0 N–H and O–H groups in total. The van der Waals surface area contributed by atoms with Crippen LogP contribution in [-0.2, 0) is 21.4 Å². The largest absolute Gasteiger partial charge is 0.495 e. The van der Waals surface area contributed by atoms with Crippen LogP contribution >= 0.6 is 0 Å². The van der Waals surface area contributed by atoms with Gasteiger partial charge in [0.1, 0.15) is 22.8 Å². The molecule has 0 saturated heterocycles. The Kier molecular flexibility index (Phi) is 7.87. The summed E-state index contributed by atoms with van der Waals surface area (Å²) in [4.78, 5) is 52.2. The highest BCUT2D eigenvalue weighted by atomic mass is 16.5. The van der Waals surface area contributed by atoms with Crippen LogP contribution in [0, 0.1) is 0 Å². The molecule has 0 fully saturated rings. The maximum atomic E-state index is 13.6. The third-order valence-corrected chi connectivity index (χ3v) is 7.70. The minimum Gasteiger partial charge on any atom is -0.495 e. The van der Waals surface area contributed by atoms with Crippen LogP contribution in [0.4, 0.5) is 0 Å². The molecule has 0 unspecified atom stereocenters. The average Bonchev–Trinajstić information content (AvgIpc) is 2.93. The van der Waals surface area contributed by atoms with Crippen molar-refractivity contribution >= 4 is 34.7 Å². The van der Waals surface area contributed by atoms with Gasteiger partial charge >= 0.3 is 11.9 Å². The lowest BCUT2D eigenvalue weighted by Crippen LogP contribution is -2.29. The molecule has 40 heavy (non-hydrogen) atoms. The smallest absolute Gasteiger partial charge is 0.342 e. The number of rotatable bonds is 2. The first-order valence-corrected chi connectivity index (χ1v) is 13.7. The van der Waals surface area contributed by atoms with E-state index in [4.69, 9.17) is 14.2 Å². The van der Waals surface area contributed by atoms with Gasteiger partial charge in [-0.2, -0.15) is 0 Å². The number of carbonyl (C=O) groups is 3. The third-order valence-electron chi connectivity index (χ3n) is 7.70. The Balaban J connectivity index is 1.70. The molecule has 2 atom stereocenters. The zero-order valence-electron chi connectivity index (χ0n) is 23.0. The van der Waals surface area contributed by atoms with Gasteiger partial charge in [-0.25, -0.2) is 4.79 Å². The maximum absolute atomic E-state index is 13.6. The molecular weight excluding hydrogens is 510 g/mol. The zero-order valence-corrected chi connectivity index (χ0v) is 23.0. The number of fused-ring (bicyclic) bond motifs is 3.